The van der Waals surface area contributed by atoms with Gasteiger partial charge in [0, 0.05) is 5.69 Å². The molecule has 2 rings (SSSR count). The Morgan fingerprint density at radius 3 is 3.00 bits per heavy atom. The van der Waals surface area contributed by atoms with Crippen LogP contribution < -0.4 is 11.1 Å². The summed E-state index contributed by atoms with van der Waals surface area (Å²) < 4.78 is 4.98. The minimum atomic E-state index is -0.389. The monoisotopic (exact) mass is 315 g/mol. The number of carbonyl (C=O) groups excluding carboxylic acids is 1. The van der Waals surface area contributed by atoms with E-state index < -0.39 is 0 Å². The highest BCUT2D eigenvalue weighted by atomic mass is 16.6. The SMILES string of the molecule is CCOC(=O)c1cccc(Nc2ncnc(N)c2/C=N/OC)c1. The average Bonchev–Trinajstić information content (AvgIpc) is 2.55. The molecule has 0 atom stereocenters. The first kappa shape index (κ1) is 16.2. The van der Waals surface area contributed by atoms with Crippen molar-refractivity contribution in [3.63, 3.8) is 0 Å². The molecule has 1 aromatic heterocycles. The highest BCUT2D eigenvalue weighted by Gasteiger charge is 2.10. The molecule has 8 nitrogen and oxygen atoms in total. The van der Waals surface area contributed by atoms with E-state index in [1.807, 2.05) is 0 Å². The summed E-state index contributed by atoms with van der Waals surface area (Å²) in [7, 11) is 1.42. The number of rotatable bonds is 6. The van der Waals surface area contributed by atoms with Gasteiger partial charge in [0.25, 0.3) is 0 Å². The molecule has 1 aromatic carbocycles. The number of hydrogen-bond donors (Lipinski definition) is 2. The van der Waals surface area contributed by atoms with Gasteiger partial charge >= 0.3 is 5.97 Å². The fourth-order valence-corrected chi connectivity index (χ4v) is 1.82. The van der Waals surface area contributed by atoms with Gasteiger partial charge < -0.3 is 20.6 Å². The number of nitrogen functional groups attached to an aromatic ring is 1. The lowest BCUT2D eigenvalue weighted by atomic mass is 10.2. The summed E-state index contributed by atoms with van der Waals surface area (Å²) in [5.74, 6) is 0.309. The number of nitrogens with one attached hydrogen (secondary N) is 1. The van der Waals surface area contributed by atoms with Crippen molar-refractivity contribution in [1.29, 1.82) is 0 Å². The topological polar surface area (TPSA) is 112 Å². The molecule has 3 N–H and O–H groups in total. The Morgan fingerprint density at radius 1 is 1.43 bits per heavy atom. The predicted octanol–water partition coefficient (Wildman–Crippen LogP) is 1.96. The van der Waals surface area contributed by atoms with Gasteiger partial charge in [0.2, 0.25) is 0 Å². The van der Waals surface area contributed by atoms with E-state index in [2.05, 4.69) is 25.3 Å². The van der Waals surface area contributed by atoms with Gasteiger partial charge in [0.1, 0.15) is 25.1 Å². The lowest BCUT2D eigenvalue weighted by Crippen LogP contribution is -2.07. The molecule has 2 aromatic rings. The van der Waals surface area contributed by atoms with Crippen molar-refractivity contribution < 1.29 is 14.4 Å². The van der Waals surface area contributed by atoms with Crippen LogP contribution in [0.2, 0.25) is 0 Å². The van der Waals surface area contributed by atoms with E-state index in [1.54, 1.807) is 31.2 Å². The Labute approximate surface area is 133 Å². The Hall–Kier alpha value is -3.16. The third-order valence-corrected chi connectivity index (χ3v) is 2.84. The van der Waals surface area contributed by atoms with Gasteiger partial charge in [-0.05, 0) is 25.1 Å². The van der Waals surface area contributed by atoms with Crippen LogP contribution in [0.4, 0.5) is 17.3 Å². The lowest BCUT2D eigenvalue weighted by Gasteiger charge is -2.10. The van der Waals surface area contributed by atoms with Crippen LogP contribution in [0, 0.1) is 0 Å². The maximum absolute atomic E-state index is 11.8. The number of esters is 1. The summed E-state index contributed by atoms with van der Waals surface area (Å²) in [4.78, 5) is 24.5. The summed E-state index contributed by atoms with van der Waals surface area (Å²) in [5, 5.41) is 6.75. The van der Waals surface area contributed by atoms with Crippen LogP contribution in [0.1, 0.15) is 22.8 Å². The maximum Gasteiger partial charge on any atom is 0.338 e. The molecule has 23 heavy (non-hydrogen) atoms. The molecule has 120 valence electrons. The van der Waals surface area contributed by atoms with Crippen molar-refractivity contribution in [3.8, 4) is 0 Å². The molecule has 0 fully saturated rings. The largest absolute Gasteiger partial charge is 0.462 e. The van der Waals surface area contributed by atoms with E-state index in [0.29, 0.717) is 29.2 Å². The molecule has 0 unspecified atom stereocenters. The molecule has 8 heteroatoms. The molecule has 0 bridgehead atoms. The van der Waals surface area contributed by atoms with Gasteiger partial charge in [-0.2, -0.15) is 0 Å². The van der Waals surface area contributed by atoms with Crippen LogP contribution in [0.25, 0.3) is 0 Å². The van der Waals surface area contributed by atoms with Crippen molar-refractivity contribution in [1.82, 2.24) is 9.97 Å². The molecule has 0 aliphatic carbocycles. The number of nitrogens with two attached hydrogens (primary N) is 1. The Bertz CT molecular complexity index is 718. The van der Waals surface area contributed by atoms with Crippen molar-refractivity contribution in [3.05, 3.63) is 41.7 Å². The number of anilines is 3. The first-order chi connectivity index (χ1) is 11.2. The highest BCUT2D eigenvalue weighted by Crippen LogP contribution is 2.21. The zero-order valence-electron chi connectivity index (χ0n) is 12.8. The van der Waals surface area contributed by atoms with Crippen molar-refractivity contribution in [2.45, 2.75) is 6.92 Å². The number of hydrogen-bond acceptors (Lipinski definition) is 8. The predicted molar refractivity (Wildman–Crippen MR) is 86.7 cm³/mol. The quantitative estimate of drug-likeness (QED) is 0.476. The van der Waals surface area contributed by atoms with Gasteiger partial charge in [-0.25, -0.2) is 14.8 Å². The summed E-state index contributed by atoms with van der Waals surface area (Å²) >= 11 is 0. The zero-order chi connectivity index (χ0) is 16.7. The molecular weight excluding hydrogens is 298 g/mol. The molecule has 0 radical (unpaired) electrons. The molecule has 0 saturated heterocycles. The number of aromatic nitrogens is 2. The summed E-state index contributed by atoms with van der Waals surface area (Å²) in [6.45, 7) is 2.07. The number of oxime groups is 1. The van der Waals surface area contributed by atoms with Crippen molar-refractivity contribution in [2.24, 2.45) is 5.16 Å². The molecule has 0 aliphatic rings. The third-order valence-electron chi connectivity index (χ3n) is 2.84. The highest BCUT2D eigenvalue weighted by molar-refractivity contribution is 5.93. The van der Waals surface area contributed by atoms with Crippen LogP contribution in [0.15, 0.2) is 35.7 Å². The van der Waals surface area contributed by atoms with Gasteiger partial charge in [-0.15, -0.1) is 0 Å². The van der Waals surface area contributed by atoms with Crippen LogP contribution in [-0.2, 0) is 9.57 Å². The van der Waals surface area contributed by atoms with E-state index in [-0.39, 0.29) is 11.8 Å². The van der Waals surface area contributed by atoms with E-state index in [9.17, 15) is 4.79 Å². The second kappa shape index (κ2) is 7.74. The van der Waals surface area contributed by atoms with E-state index >= 15 is 0 Å². The van der Waals surface area contributed by atoms with E-state index in [4.69, 9.17) is 10.5 Å². The van der Waals surface area contributed by atoms with Crippen molar-refractivity contribution in [2.75, 3.05) is 24.8 Å². The fourth-order valence-electron chi connectivity index (χ4n) is 1.82. The molecular formula is C15H17N5O3. The minimum absolute atomic E-state index is 0.254. The summed E-state index contributed by atoms with van der Waals surface area (Å²) in [6, 6.07) is 6.86. The van der Waals surface area contributed by atoms with Crippen LogP contribution >= 0.6 is 0 Å². The number of carbonyl (C=O) groups is 1. The van der Waals surface area contributed by atoms with Crippen LogP contribution in [0.5, 0.6) is 0 Å². The number of nitrogens with zero attached hydrogens (tertiary/aromatic N) is 3. The zero-order valence-corrected chi connectivity index (χ0v) is 12.8. The molecule has 0 aliphatic heterocycles. The molecule has 0 spiro atoms. The van der Waals surface area contributed by atoms with Crippen LogP contribution in [0.3, 0.4) is 0 Å². The van der Waals surface area contributed by atoms with Crippen molar-refractivity contribution >= 4 is 29.5 Å². The Morgan fingerprint density at radius 2 is 2.26 bits per heavy atom. The second-order valence-corrected chi connectivity index (χ2v) is 4.36. The minimum Gasteiger partial charge on any atom is -0.462 e. The molecule has 0 amide bonds. The summed E-state index contributed by atoms with van der Waals surface area (Å²) in [6.07, 6.45) is 2.74. The van der Waals surface area contributed by atoms with Crippen LogP contribution in [-0.4, -0.2) is 35.9 Å². The first-order valence-corrected chi connectivity index (χ1v) is 6.87. The molecule has 0 saturated carbocycles. The number of ether oxygens (including phenoxy) is 1. The normalized spacial score (nSPS) is 10.5. The Kier molecular flexibility index (Phi) is 5.45. The molecule has 1 heterocycles. The lowest BCUT2D eigenvalue weighted by molar-refractivity contribution is 0.0526. The van der Waals surface area contributed by atoms with Gasteiger partial charge in [0.05, 0.1) is 23.9 Å². The maximum atomic E-state index is 11.8. The second-order valence-electron chi connectivity index (χ2n) is 4.36. The third kappa shape index (κ3) is 4.16. The fraction of sp³-hybridized carbons (Fsp3) is 0.200. The summed E-state index contributed by atoms with van der Waals surface area (Å²) in [5.41, 5.74) is 7.39. The van der Waals surface area contributed by atoms with Gasteiger partial charge in [0.15, 0.2) is 0 Å². The Balaban J connectivity index is 2.29. The van der Waals surface area contributed by atoms with Gasteiger partial charge in [-0.3, -0.25) is 0 Å². The number of benzene rings is 1. The average molecular weight is 315 g/mol. The first-order valence-electron chi connectivity index (χ1n) is 6.87. The van der Waals surface area contributed by atoms with E-state index in [0.717, 1.165) is 0 Å². The van der Waals surface area contributed by atoms with Gasteiger partial charge in [-0.1, -0.05) is 11.2 Å². The van der Waals surface area contributed by atoms with E-state index in [1.165, 1.54) is 19.7 Å². The smallest absolute Gasteiger partial charge is 0.338 e. The standard InChI is InChI=1S/C15H17N5O3/c1-3-23-15(21)10-5-4-6-11(7-10)20-14-12(8-19-22-2)13(16)17-9-18-14/h4-9H,3H2,1-2H3,(H3,16,17,18,20)/b19-8+.